The molecule has 0 radical (unpaired) electrons. The summed E-state index contributed by atoms with van der Waals surface area (Å²) in [5.74, 6) is 1.32. The zero-order chi connectivity index (χ0) is 14.1. The van der Waals surface area contributed by atoms with E-state index in [1.165, 1.54) is 0 Å². The fourth-order valence-electron chi connectivity index (χ4n) is 2.02. The zero-order valence-corrected chi connectivity index (χ0v) is 11.9. The third-order valence-corrected chi connectivity index (χ3v) is 3.94. The Hall–Kier alpha value is -2.21. The predicted octanol–water partition coefficient (Wildman–Crippen LogP) is 2.37. The number of imidazole rings is 1. The fourth-order valence-corrected chi connectivity index (χ4v) is 2.55. The van der Waals surface area contributed by atoms with Crippen LogP contribution < -0.4 is 4.74 Å². The summed E-state index contributed by atoms with van der Waals surface area (Å²) in [5.41, 5.74) is 2.35. The number of hydrogen-bond acceptors (Lipinski definition) is 4. The number of nitrogens with one attached hydrogen (secondary N) is 1. The van der Waals surface area contributed by atoms with Crippen LogP contribution in [-0.4, -0.2) is 32.5 Å². The monoisotopic (exact) mass is 287 g/mol. The molecule has 0 saturated carbocycles. The number of rotatable bonds is 3. The molecule has 2 aromatic heterocycles. The van der Waals surface area contributed by atoms with Crippen molar-refractivity contribution in [2.24, 2.45) is 0 Å². The molecular formula is C14H13N3O2S. The van der Waals surface area contributed by atoms with Gasteiger partial charge in [-0.15, -0.1) is 0 Å². The van der Waals surface area contributed by atoms with E-state index in [0.717, 1.165) is 16.0 Å². The van der Waals surface area contributed by atoms with Crippen LogP contribution >= 0.6 is 0 Å². The first-order chi connectivity index (χ1) is 9.69. The van der Waals surface area contributed by atoms with E-state index in [1.54, 1.807) is 25.6 Å². The molecule has 6 heteroatoms. The first kappa shape index (κ1) is 12.8. The lowest BCUT2D eigenvalue weighted by Gasteiger charge is -2.07. The van der Waals surface area contributed by atoms with Gasteiger partial charge in [0.2, 0.25) is 0 Å². The van der Waals surface area contributed by atoms with E-state index >= 15 is 0 Å². The molecule has 1 N–H and O–H groups in total. The molecule has 0 aliphatic heterocycles. The third-order valence-electron chi connectivity index (χ3n) is 3.02. The molecule has 1 aromatic carbocycles. The molecule has 3 aromatic rings. The second kappa shape index (κ2) is 5.05. The molecule has 5 nitrogen and oxygen atoms in total. The maximum Gasteiger partial charge on any atom is 0.178 e. The molecule has 0 fully saturated rings. The van der Waals surface area contributed by atoms with Gasteiger partial charge in [-0.3, -0.25) is 4.21 Å². The molecule has 0 bridgehead atoms. The summed E-state index contributed by atoms with van der Waals surface area (Å²) in [7, 11) is 0.542. The molecule has 2 heterocycles. The largest absolute Gasteiger partial charge is 0.496 e. The van der Waals surface area contributed by atoms with Crippen LogP contribution in [-0.2, 0) is 10.8 Å². The summed E-state index contributed by atoms with van der Waals surface area (Å²) in [6.07, 6.45) is 3.34. The summed E-state index contributed by atoms with van der Waals surface area (Å²) in [4.78, 5) is 12.6. The Kier molecular flexibility index (Phi) is 3.23. The lowest BCUT2D eigenvalue weighted by atomic mass is 10.2. The van der Waals surface area contributed by atoms with Crippen LogP contribution in [0.4, 0.5) is 0 Å². The molecule has 0 spiro atoms. The number of H-pyrrole nitrogens is 1. The van der Waals surface area contributed by atoms with Crippen LogP contribution in [0.25, 0.3) is 22.6 Å². The van der Waals surface area contributed by atoms with Crippen molar-refractivity contribution in [3.63, 3.8) is 0 Å². The van der Waals surface area contributed by atoms with Crippen molar-refractivity contribution < 1.29 is 8.95 Å². The van der Waals surface area contributed by atoms with E-state index in [9.17, 15) is 4.21 Å². The molecule has 102 valence electrons. The molecule has 0 aliphatic carbocycles. The lowest BCUT2D eigenvalue weighted by Crippen LogP contribution is -1.93. The summed E-state index contributed by atoms with van der Waals surface area (Å²) < 4.78 is 16.9. The van der Waals surface area contributed by atoms with Gasteiger partial charge in [0, 0.05) is 28.1 Å². The van der Waals surface area contributed by atoms with Gasteiger partial charge in [-0.2, -0.15) is 0 Å². The normalized spacial score (nSPS) is 12.5. The Morgan fingerprint density at radius 3 is 2.85 bits per heavy atom. The van der Waals surface area contributed by atoms with E-state index in [-0.39, 0.29) is 0 Å². The first-order valence-corrected chi connectivity index (χ1v) is 7.57. The van der Waals surface area contributed by atoms with E-state index in [2.05, 4.69) is 15.0 Å². The van der Waals surface area contributed by atoms with Crippen molar-refractivity contribution >= 4 is 22.0 Å². The van der Waals surface area contributed by atoms with Crippen molar-refractivity contribution in [1.82, 2.24) is 15.0 Å². The van der Waals surface area contributed by atoms with Crippen LogP contribution in [0, 0.1) is 0 Å². The summed E-state index contributed by atoms with van der Waals surface area (Å²) in [6, 6.07) is 9.21. The maximum absolute atomic E-state index is 11.5. The standard InChI is InChI=1S/C14H13N3O2S/c1-19-12-8-9(20(2)18)5-6-10(12)13-16-11-4-3-7-15-14(11)17-13/h3-8H,1-2H3,(H,15,16,17)/t20-/m0/s1. The van der Waals surface area contributed by atoms with Crippen LogP contribution in [0.3, 0.4) is 0 Å². The summed E-state index contributed by atoms with van der Waals surface area (Å²) in [5, 5.41) is 0. The van der Waals surface area contributed by atoms with Crippen LogP contribution in [0.15, 0.2) is 41.4 Å². The van der Waals surface area contributed by atoms with E-state index < -0.39 is 10.8 Å². The zero-order valence-electron chi connectivity index (χ0n) is 11.1. The number of fused-ring (bicyclic) bond motifs is 1. The van der Waals surface area contributed by atoms with E-state index in [1.807, 2.05) is 24.3 Å². The van der Waals surface area contributed by atoms with Crippen molar-refractivity contribution in [3.05, 3.63) is 36.5 Å². The minimum Gasteiger partial charge on any atom is -0.496 e. The SMILES string of the molecule is COc1cc([S@](C)=O)ccc1-c1nc2ncccc2[nH]1. The minimum atomic E-state index is -1.04. The Balaban J connectivity index is 2.15. The fraction of sp³-hybridized carbons (Fsp3) is 0.143. The minimum absolute atomic E-state index is 0.636. The number of nitrogens with zero attached hydrogens (tertiary/aromatic N) is 2. The highest BCUT2D eigenvalue weighted by atomic mass is 32.2. The highest BCUT2D eigenvalue weighted by Crippen LogP contribution is 2.30. The molecule has 3 rings (SSSR count). The van der Waals surface area contributed by atoms with Gasteiger partial charge < -0.3 is 9.72 Å². The average molecular weight is 287 g/mol. The summed E-state index contributed by atoms with van der Waals surface area (Å²) >= 11 is 0. The molecule has 0 aliphatic rings. The molecular weight excluding hydrogens is 274 g/mol. The van der Waals surface area contributed by atoms with E-state index in [0.29, 0.717) is 17.2 Å². The second-order valence-corrected chi connectivity index (χ2v) is 5.66. The predicted molar refractivity (Wildman–Crippen MR) is 78.2 cm³/mol. The number of methoxy groups -OCH3 is 1. The van der Waals surface area contributed by atoms with Crippen molar-refractivity contribution in [3.8, 4) is 17.1 Å². The maximum atomic E-state index is 11.5. The highest BCUT2D eigenvalue weighted by Gasteiger charge is 2.12. The number of ether oxygens (including phenoxy) is 1. The third kappa shape index (κ3) is 2.18. The van der Waals surface area contributed by atoms with E-state index in [4.69, 9.17) is 4.74 Å². The number of aromatic nitrogens is 3. The molecule has 0 unspecified atom stereocenters. The number of pyridine rings is 1. The Morgan fingerprint density at radius 1 is 1.30 bits per heavy atom. The average Bonchev–Trinajstić information content (AvgIpc) is 2.90. The van der Waals surface area contributed by atoms with Gasteiger partial charge >= 0.3 is 0 Å². The van der Waals surface area contributed by atoms with Gasteiger partial charge in [0.25, 0.3) is 0 Å². The quantitative estimate of drug-likeness (QED) is 0.803. The number of benzene rings is 1. The van der Waals surface area contributed by atoms with Gasteiger partial charge in [-0.25, -0.2) is 9.97 Å². The molecule has 20 heavy (non-hydrogen) atoms. The van der Waals surface area contributed by atoms with Gasteiger partial charge in [-0.05, 0) is 30.3 Å². The topological polar surface area (TPSA) is 67.9 Å². The van der Waals surface area contributed by atoms with Gasteiger partial charge in [0.1, 0.15) is 11.6 Å². The van der Waals surface area contributed by atoms with Crippen LogP contribution in [0.2, 0.25) is 0 Å². The van der Waals surface area contributed by atoms with Gasteiger partial charge in [0.05, 0.1) is 18.2 Å². The van der Waals surface area contributed by atoms with Gasteiger partial charge in [-0.1, -0.05) is 0 Å². The second-order valence-electron chi connectivity index (χ2n) is 4.28. The highest BCUT2D eigenvalue weighted by molar-refractivity contribution is 7.84. The Bertz CT molecular complexity index is 765. The molecule has 0 amide bonds. The smallest absolute Gasteiger partial charge is 0.178 e. The van der Waals surface area contributed by atoms with Gasteiger partial charge in [0.15, 0.2) is 5.65 Å². The number of aromatic amines is 1. The van der Waals surface area contributed by atoms with Crippen molar-refractivity contribution in [2.75, 3.05) is 13.4 Å². The molecule has 0 saturated heterocycles. The molecule has 1 atom stereocenters. The number of hydrogen-bond donors (Lipinski definition) is 1. The first-order valence-electron chi connectivity index (χ1n) is 6.01. The van der Waals surface area contributed by atoms with Crippen molar-refractivity contribution in [2.45, 2.75) is 4.90 Å². The van der Waals surface area contributed by atoms with Crippen LogP contribution in [0.1, 0.15) is 0 Å². The lowest BCUT2D eigenvalue weighted by molar-refractivity contribution is 0.415. The van der Waals surface area contributed by atoms with Crippen molar-refractivity contribution in [1.29, 1.82) is 0 Å². The van der Waals surface area contributed by atoms with Crippen LogP contribution in [0.5, 0.6) is 5.75 Å². The summed E-state index contributed by atoms with van der Waals surface area (Å²) in [6.45, 7) is 0. The Morgan fingerprint density at radius 2 is 2.15 bits per heavy atom. The Labute approximate surface area is 118 Å².